The van der Waals surface area contributed by atoms with Crippen molar-refractivity contribution in [3.8, 4) is 5.75 Å². The van der Waals surface area contributed by atoms with Gasteiger partial charge in [-0.25, -0.2) is 0 Å². The van der Waals surface area contributed by atoms with Crippen molar-refractivity contribution >= 4 is 11.8 Å². The lowest BCUT2D eigenvalue weighted by Crippen LogP contribution is -2.49. The molecule has 7 nitrogen and oxygen atoms in total. The molecule has 1 heterocycles. The number of benzene rings is 1. The third-order valence-corrected chi connectivity index (χ3v) is 4.92. The molecule has 0 bridgehead atoms. The SMILES string of the molecule is NC(=O)COc1ccc(C(=O)NC2CN(CC3CC3)CCCC2O)cc1. The molecule has 1 saturated carbocycles. The fourth-order valence-electron chi connectivity index (χ4n) is 3.30. The molecule has 7 heteroatoms. The summed E-state index contributed by atoms with van der Waals surface area (Å²) in [5.74, 6) is 0.494. The monoisotopic (exact) mass is 361 g/mol. The average Bonchev–Trinajstić information content (AvgIpc) is 3.44. The highest BCUT2D eigenvalue weighted by Crippen LogP contribution is 2.30. The first-order chi connectivity index (χ1) is 12.5. The Kier molecular flexibility index (Phi) is 6.11. The maximum atomic E-state index is 12.5. The van der Waals surface area contributed by atoms with Gasteiger partial charge >= 0.3 is 0 Å². The van der Waals surface area contributed by atoms with E-state index in [2.05, 4.69) is 10.2 Å². The van der Waals surface area contributed by atoms with E-state index in [0.29, 0.717) is 24.3 Å². The molecule has 2 aliphatic rings. The van der Waals surface area contributed by atoms with Crippen LogP contribution in [-0.2, 0) is 4.79 Å². The highest BCUT2D eigenvalue weighted by molar-refractivity contribution is 5.94. The highest BCUT2D eigenvalue weighted by atomic mass is 16.5. The van der Waals surface area contributed by atoms with Crippen LogP contribution in [0.3, 0.4) is 0 Å². The van der Waals surface area contributed by atoms with Gasteiger partial charge in [0, 0.05) is 18.7 Å². The number of primary amides is 1. The molecule has 4 N–H and O–H groups in total. The third-order valence-electron chi connectivity index (χ3n) is 4.92. The molecular weight excluding hydrogens is 334 g/mol. The number of carbonyl (C=O) groups excluding carboxylic acids is 2. The van der Waals surface area contributed by atoms with E-state index in [1.54, 1.807) is 24.3 Å². The normalized spacial score (nSPS) is 23.9. The molecule has 1 aliphatic heterocycles. The minimum absolute atomic E-state index is 0.198. The van der Waals surface area contributed by atoms with E-state index >= 15 is 0 Å². The van der Waals surface area contributed by atoms with Gasteiger partial charge in [0.25, 0.3) is 11.8 Å². The summed E-state index contributed by atoms with van der Waals surface area (Å²) in [5.41, 5.74) is 5.53. The summed E-state index contributed by atoms with van der Waals surface area (Å²) >= 11 is 0. The Bertz CT molecular complexity index is 630. The van der Waals surface area contributed by atoms with Gasteiger partial charge in [0.1, 0.15) is 5.75 Å². The number of nitrogens with one attached hydrogen (secondary N) is 1. The van der Waals surface area contributed by atoms with Crippen LogP contribution >= 0.6 is 0 Å². The van der Waals surface area contributed by atoms with E-state index < -0.39 is 12.0 Å². The van der Waals surface area contributed by atoms with Crippen molar-refractivity contribution in [2.75, 3.05) is 26.2 Å². The molecule has 2 atom stereocenters. The molecule has 0 radical (unpaired) electrons. The molecule has 1 aliphatic carbocycles. The van der Waals surface area contributed by atoms with Crippen molar-refractivity contribution in [1.29, 1.82) is 0 Å². The molecule has 142 valence electrons. The zero-order chi connectivity index (χ0) is 18.5. The van der Waals surface area contributed by atoms with Crippen molar-refractivity contribution < 1.29 is 19.4 Å². The summed E-state index contributed by atoms with van der Waals surface area (Å²) < 4.78 is 5.19. The van der Waals surface area contributed by atoms with E-state index in [0.717, 1.165) is 25.4 Å². The van der Waals surface area contributed by atoms with Crippen LogP contribution < -0.4 is 15.8 Å². The Morgan fingerprint density at radius 1 is 1.23 bits per heavy atom. The number of likely N-dealkylation sites (tertiary alicyclic amines) is 1. The second kappa shape index (κ2) is 8.51. The smallest absolute Gasteiger partial charge is 0.255 e. The van der Waals surface area contributed by atoms with E-state index in [1.807, 2.05) is 0 Å². The molecule has 0 aromatic heterocycles. The quantitative estimate of drug-likeness (QED) is 0.657. The van der Waals surface area contributed by atoms with Crippen LogP contribution in [0.25, 0.3) is 0 Å². The van der Waals surface area contributed by atoms with Gasteiger partial charge in [0.15, 0.2) is 6.61 Å². The molecule has 2 unspecified atom stereocenters. The van der Waals surface area contributed by atoms with Crippen molar-refractivity contribution in [1.82, 2.24) is 10.2 Å². The Labute approximate surface area is 153 Å². The zero-order valence-electron chi connectivity index (χ0n) is 14.9. The summed E-state index contributed by atoms with van der Waals surface area (Å²) in [5, 5.41) is 13.3. The predicted molar refractivity (Wildman–Crippen MR) is 96.8 cm³/mol. The molecule has 1 saturated heterocycles. The molecule has 1 aromatic carbocycles. The number of amides is 2. The van der Waals surface area contributed by atoms with Gasteiger partial charge < -0.3 is 25.8 Å². The number of hydrogen-bond acceptors (Lipinski definition) is 5. The maximum absolute atomic E-state index is 12.5. The number of ether oxygens (including phenoxy) is 1. The second-order valence-corrected chi connectivity index (χ2v) is 7.27. The number of aliphatic hydroxyl groups excluding tert-OH is 1. The lowest BCUT2D eigenvalue weighted by molar-refractivity contribution is -0.119. The molecule has 3 rings (SSSR count). The Balaban J connectivity index is 1.56. The maximum Gasteiger partial charge on any atom is 0.255 e. The predicted octanol–water partition coefficient (Wildman–Crippen LogP) is 0.516. The van der Waals surface area contributed by atoms with Crippen LogP contribution in [0.2, 0.25) is 0 Å². The molecular formula is C19H27N3O4. The van der Waals surface area contributed by atoms with Gasteiger partial charge in [-0.05, 0) is 62.4 Å². The van der Waals surface area contributed by atoms with Crippen molar-refractivity contribution in [2.45, 2.75) is 37.8 Å². The molecule has 2 fully saturated rings. The Hall–Kier alpha value is -2.12. The molecule has 1 aromatic rings. The van der Waals surface area contributed by atoms with Crippen LogP contribution in [0.4, 0.5) is 0 Å². The van der Waals surface area contributed by atoms with Gasteiger partial charge in [0.05, 0.1) is 12.1 Å². The summed E-state index contributed by atoms with van der Waals surface area (Å²) in [6.07, 6.45) is 3.71. The van der Waals surface area contributed by atoms with Gasteiger partial charge in [0.2, 0.25) is 0 Å². The Morgan fingerprint density at radius 2 is 1.96 bits per heavy atom. The molecule has 26 heavy (non-hydrogen) atoms. The Morgan fingerprint density at radius 3 is 2.62 bits per heavy atom. The number of nitrogens with zero attached hydrogens (tertiary/aromatic N) is 1. The number of rotatable bonds is 7. The van der Waals surface area contributed by atoms with E-state index in [9.17, 15) is 14.7 Å². The topological polar surface area (TPSA) is 105 Å². The summed E-state index contributed by atoms with van der Waals surface area (Å²) in [6, 6.07) is 6.25. The molecule has 0 spiro atoms. The summed E-state index contributed by atoms with van der Waals surface area (Å²) in [7, 11) is 0. The summed E-state index contributed by atoms with van der Waals surface area (Å²) in [4.78, 5) is 25.6. The lowest BCUT2D eigenvalue weighted by atomic mass is 10.1. The van der Waals surface area contributed by atoms with Gasteiger partial charge in [-0.2, -0.15) is 0 Å². The number of aliphatic hydroxyl groups is 1. The third kappa shape index (κ3) is 5.44. The van der Waals surface area contributed by atoms with Gasteiger partial charge in [-0.3, -0.25) is 9.59 Å². The number of carbonyl (C=O) groups is 2. The zero-order valence-corrected chi connectivity index (χ0v) is 14.9. The van der Waals surface area contributed by atoms with Crippen molar-refractivity contribution in [2.24, 2.45) is 11.7 Å². The van der Waals surface area contributed by atoms with E-state index in [-0.39, 0.29) is 18.6 Å². The minimum atomic E-state index is -0.551. The van der Waals surface area contributed by atoms with Crippen LogP contribution in [-0.4, -0.2) is 60.2 Å². The standard InChI is InChI=1S/C19H27N3O4/c20-18(24)12-26-15-7-5-14(6-8-15)19(25)21-16-11-22(10-13-3-4-13)9-1-2-17(16)23/h5-8,13,16-17,23H,1-4,9-12H2,(H2,20,24)(H,21,25). The fraction of sp³-hybridized carbons (Fsp3) is 0.579. The number of hydrogen-bond donors (Lipinski definition) is 3. The fourth-order valence-corrected chi connectivity index (χ4v) is 3.30. The second-order valence-electron chi connectivity index (χ2n) is 7.27. The molecule has 2 amide bonds. The van der Waals surface area contributed by atoms with Crippen LogP contribution in [0.15, 0.2) is 24.3 Å². The van der Waals surface area contributed by atoms with Crippen LogP contribution in [0, 0.1) is 5.92 Å². The van der Waals surface area contributed by atoms with E-state index in [4.69, 9.17) is 10.5 Å². The first-order valence-corrected chi connectivity index (χ1v) is 9.23. The lowest BCUT2D eigenvalue weighted by Gasteiger charge is -2.27. The average molecular weight is 361 g/mol. The summed E-state index contributed by atoms with van der Waals surface area (Å²) in [6.45, 7) is 2.52. The minimum Gasteiger partial charge on any atom is -0.484 e. The van der Waals surface area contributed by atoms with Crippen molar-refractivity contribution in [3.05, 3.63) is 29.8 Å². The van der Waals surface area contributed by atoms with Gasteiger partial charge in [-0.1, -0.05) is 0 Å². The van der Waals surface area contributed by atoms with Gasteiger partial charge in [-0.15, -0.1) is 0 Å². The van der Waals surface area contributed by atoms with Crippen molar-refractivity contribution in [3.63, 3.8) is 0 Å². The van der Waals surface area contributed by atoms with E-state index in [1.165, 1.54) is 12.8 Å². The number of nitrogens with two attached hydrogens (primary N) is 1. The largest absolute Gasteiger partial charge is 0.484 e. The first kappa shape index (κ1) is 18.7. The van der Waals surface area contributed by atoms with Crippen LogP contribution in [0.5, 0.6) is 5.75 Å². The highest BCUT2D eigenvalue weighted by Gasteiger charge is 2.30. The first-order valence-electron chi connectivity index (χ1n) is 9.23. The van der Waals surface area contributed by atoms with Crippen LogP contribution in [0.1, 0.15) is 36.0 Å².